The third-order valence-corrected chi connectivity index (χ3v) is 2.43. The Morgan fingerprint density at radius 1 is 1.36 bits per heavy atom. The van der Waals surface area contributed by atoms with Gasteiger partial charge in [-0.3, -0.25) is 4.90 Å². The standard InChI is InChI=1S/C8H18N2O/c1-3-10(4-2)7-5-9-6-8(7)11/h7-9,11H,3-6H2,1-2H3/t7-,8+/m1/s1. The van der Waals surface area contributed by atoms with Crippen molar-refractivity contribution in [2.75, 3.05) is 26.2 Å². The van der Waals surface area contributed by atoms with Crippen molar-refractivity contribution in [3.05, 3.63) is 0 Å². The number of aliphatic hydroxyl groups excluding tert-OH is 1. The van der Waals surface area contributed by atoms with Crippen LogP contribution in [0.1, 0.15) is 13.8 Å². The fraction of sp³-hybridized carbons (Fsp3) is 1.00. The van der Waals surface area contributed by atoms with Crippen molar-refractivity contribution in [3.8, 4) is 0 Å². The molecular formula is C8H18N2O. The first-order valence-electron chi connectivity index (χ1n) is 4.42. The number of β-amino-alcohol motifs (C(OH)–C–C–N with tert-alkyl or cyclic N) is 1. The summed E-state index contributed by atoms with van der Waals surface area (Å²) in [4.78, 5) is 2.30. The molecule has 3 heteroatoms. The minimum Gasteiger partial charge on any atom is -0.390 e. The van der Waals surface area contributed by atoms with Crippen LogP contribution in [-0.4, -0.2) is 48.3 Å². The first-order valence-corrected chi connectivity index (χ1v) is 4.42. The molecule has 0 aliphatic carbocycles. The highest BCUT2D eigenvalue weighted by Crippen LogP contribution is 2.07. The van der Waals surface area contributed by atoms with E-state index in [0.29, 0.717) is 6.04 Å². The number of hydrogen-bond donors (Lipinski definition) is 2. The third-order valence-electron chi connectivity index (χ3n) is 2.43. The van der Waals surface area contributed by atoms with Crippen LogP contribution in [0.15, 0.2) is 0 Å². The Kier molecular flexibility index (Phi) is 3.30. The van der Waals surface area contributed by atoms with E-state index in [2.05, 4.69) is 24.1 Å². The van der Waals surface area contributed by atoms with Crippen LogP contribution in [0.4, 0.5) is 0 Å². The Morgan fingerprint density at radius 2 is 2.00 bits per heavy atom. The molecule has 0 aromatic carbocycles. The number of aliphatic hydroxyl groups is 1. The van der Waals surface area contributed by atoms with Crippen molar-refractivity contribution >= 4 is 0 Å². The van der Waals surface area contributed by atoms with Crippen LogP contribution in [0.2, 0.25) is 0 Å². The average molecular weight is 158 g/mol. The van der Waals surface area contributed by atoms with Crippen LogP contribution in [-0.2, 0) is 0 Å². The predicted molar refractivity (Wildman–Crippen MR) is 45.6 cm³/mol. The van der Waals surface area contributed by atoms with Crippen LogP contribution < -0.4 is 5.32 Å². The van der Waals surface area contributed by atoms with Crippen molar-refractivity contribution < 1.29 is 5.11 Å². The molecule has 1 aliphatic heterocycles. The van der Waals surface area contributed by atoms with Gasteiger partial charge in [0, 0.05) is 19.1 Å². The van der Waals surface area contributed by atoms with Gasteiger partial charge in [-0.25, -0.2) is 0 Å². The van der Waals surface area contributed by atoms with E-state index < -0.39 is 0 Å². The van der Waals surface area contributed by atoms with E-state index in [1.807, 2.05) is 0 Å². The molecule has 0 unspecified atom stereocenters. The Bertz CT molecular complexity index is 115. The summed E-state index contributed by atoms with van der Waals surface area (Å²) in [7, 11) is 0. The zero-order chi connectivity index (χ0) is 8.27. The lowest BCUT2D eigenvalue weighted by atomic mass is 10.2. The van der Waals surface area contributed by atoms with Crippen LogP contribution in [0.5, 0.6) is 0 Å². The van der Waals surface area contributed by atoms with Gasteiger partial charge in [0.1, 0.15) is 0 Å². The van der Waals surface area contributed by atoms with Gasteiger partial charge in [0.15, 0.2) is 0 Å². The zero-order valence-electron chi connectivity index (χ0n) is 7.38. The van der Waals surface area contributed by atoms with Gasteiger partial charge in [-0.15, -0.1) is 0 Å². The van der Waals surface area contributed by atoms with E-state index in [0.717, 1.165) is 26.2 Å². The fourth-order valence-electron chi connectivity index (χ4n) is 1.72. The third kappa shape index (κ3) is 1.92. The highest BCUT2D eigenvalue weighted by molar-refractivity contribution is 4.87. The number of hydrogen-bond acceptors (Lipinski definition) is 3. The molecule has 1 rings (SSSR count). The van der Waals surface area contributed by atoms with E-state index in [4.69, 9.17) is 0 Å². The second-order valence-corrected chi connectivity index (χ2v) is 3.01. The van der Waals surface area contributed by atoms with Crippen LogP contribution in [0, 0.1) is 0 Å². The van der Waals surface area contributed by atoms with Crippen LogP contribution in [0.3, 0.4) is 0 Å². The summed E-state index contributed by atoms with van der Waals surface area (Å²) in [5.41, 5.74) is 0. The second kappa shape index (κ2) is 4.04. The molecule has 0 aromatic heterocycles. The normalized spacial score (nSPS) is 31.6. The van der Waals surface area contributed by atoms with Gasteiger partial charge < -0.3 is 10.4 Å². The molecule has 0 aromatic rings. The minimum absolute atomic E-state index is 0.171. The summed E-state index contributed by atoms with van der Waals surface area (Å²) in [5, 5.41) is 12.7. The van der Waals surface area contributed by atoms with Gasteiger partial charge in [-0.05, 0) is 13.1 Å². The molecule has 1 aliphatic rings. The molecule has 0 spiro atoms. The lowest BCUT2D eigenvalue weighted by Gasteiger charge is -2.27. The first kappa shape index (κ1) is 8.97. The first-order chi connectivity index (χ1) is 5.29. The lowest BCUT2D eigenvalue weighted by Crippen LogP contribution is -2.42. The monoisotopic (exact) mass is 158 g/mol. The number of rotatable bonds is 3. The second-order valence-electron chi connectivity index (χ2n) is 3.01. The van der Waals surface area contributed by atoms with Gasteiger partial charge in [-0.2, -0.15) is 0 Å². The zero-order valence-corrected chi connectivity index (χ0v) is 7.38. The van der Waals surface area contributed by atoms with Gasteiger partial charge in [-0.1, -0.05) is 13.8 Å². The Morgan fingerprint density at radius 3 is 2.36 bits per heavy atom. The van der Waals surface area contributed by atoms with Crippen molar-refractivity contribution in [1.82, 2.24) is 10.2 Å². The summed E-state index contributed by atoms with van der Waals surface area (Å²) in [6.07, 6.45) is -0.171. The molecule has 0 saturated carbocycles. The topological polar surface area (TPSA) is 35.5 Å². The van der Waals surface area contributed by atoms with Crippen molar-refractivity contribution in [3.63, 3.8) is 0 Å². The summed E-state index contributed by atoms with van der Waals surface area (Å²) in [5.74, 6) is 0. The van der Waals surface area contributed by atoms with E-state index in [1.165, 1.54) is 0 Å². The molecule has 11 heavy (non-hydrogen) atoms. The summed E-state index contributed by atoms with van der Waals surface area (Å²) < 4.78 is 0. The minimum atomic E-state index is -0.171. The van der Waals surface area contributed by atoms with E-state index >= 15 is 0 Å². The Hall–Kier alpha value is -0.120. The molecule has 0 amide bonds. The SMILES string of the molecule is CCN(CC)[C@@H]1CNC[C@@H]1O. The van der Waals surface area contributed by atoms with Crippen molar-refractivity contribution in [2.24, 2.45) is 0 Å². The molecule has 3 nitrogen and oxygen atoms in total. The number of nitrogens with zero attached hydrogens (tertiary/aromatic N) is 1. The van der Waals surface area contributed by atoms with Gasteiger partial charge in [0.05, 0.1) is 6.10 Å². The molecule has 1 heterocycles. The molecule has 0 radical (unpaired) electrons. The highest BCUT2D eigenvalue weighted by Gasteiger charge is 2.28. The molecule has 2 N–H and O–H groups in total. The largest absolute Gasteiger partial charge is 0.390 e. The van der Waals surface area contributed by atoms with E-state index in [9.17, 15) is 5.11 Å². The summed E-state index contributed by atoms with van der Waals surface area (Å²) >= 11 is 0. The molecule has 1 fully saturated rings. The van der Waals surface area contributed by atoms with Gasteiger partial charge in [0.25, 0.3) is 0 Å². The molecule has 1 saturated heterocycles. The van der Waals surface area contributed by atoms with Crippen molar-refractivity contribution in [2.45, 2.75) is 26.0 Å². The number of nitrogens with one attached hydrogen (secondary N) is 1. The highest BCUT2D eigenvalue weighted by atomic mass is 16.3. The molecule has 0 bridgehead atoms. The van der Waals surface area contributed by atoms with Gasteiger partial charge >= 0.3 is 0 Å². The predicted octanol–water partition coefficient (Wildman–Crippen LogP) is -0.339. The quantitative estimate of drug-likeness (QED) is 0.590. The summed E-state index contributed by atoms with van der Waals surface area (Å²) in [6.45, 7) is 8.01. The Balaban J connectivity index is 2.43. The average Bonchev–Trinajstić information content (AvgIpc) is 2.40. The summed E-state index contributed by atoms with van der Waals surface area (Å²) in [6, 6.07) is 0.338. The van der Waals surface area contributed by atoms with Crippen LogP contribution >= 0.6 is 0 Å². The maximum Gasteiger partial charge on any atom is 0.0831 e. The molecule has 66 valence electrons. The lowest BCUT2D eigenvalue weighted by molar-refractivity contribution is 0.0899. The maximum atomic E-state index is 9.52. The molecule has 2 atom stereocenters. The Labute approximate surface area is 68.4 Å². The molecular weight excluding hydrogens is 140 g/mol. The van der Waals surface area contributed by atoms with E-state index in [-0.39, 0.29) is 6.10 Å². The maximum absolute atomic E-state index is 9.52. The number of likely N-dealkylation sites (N-methyl/N-ethyl adjacent to an activating group) is 1. The van der Waals surface area contributed by atoms with E-state index in [1.54, 1.807) is 0 Å². The van der Waals surface area contributed by atoms with Crippen molar-refractivity contribution in [1.29, 1.82) is 0 Å². The van der Waals surface area contributed by atoms with Gasteiger partial charge in [0.2, 0.25) is 0 Å². The smallest absolute Gasteiger partial charge is 0.0831 e. The van der Waals surface area contributed by atoms with Crippen LogP contribution in [0.25, 0.3) is 0 Å². The fourth-order valence-corrected chi connectivity index (χ4v) is 1.72.